The minimum Gasteiger partial charge on any atom is -0.465 e. The molecule has 0 aromatic carbocycles. The fourth-order valence-corrected chi connectivity index (χ4v) is 1.82. The Morgan fingerprint density at radius 3 is 2.64 bits per heavy atom. The number of aliphatic hydroxyl groups is 1. The Hall–Kier alpha value is -0.810. The molecule has 0 spiro atoms. The minimum atomic E-state index is -0.932. The lowest BCUT2D eigenvalue weighted by molar-refractivity contribution is 0.131. The number of rotatable bonds is 3. The second-order valence-corrected chi connectivity index (χ2v) is 4.20. The molecule has 1 aliphatic carbocycles. The van der Waals surface area contributed by atoms with Crippen molar-refractivity contribution in [1.29, 1.82) is 0 Å². The number of carbonyl (C=O) groups is 1. The van der Waals surface area contributed by atoms with Gasteiger partial charge in [-0.2, -0.15) is 0 Å². The summed E-state index contributed by atoms with van der Waals surface area (Å²) in [6.45, 7) is 1.44. The topological polar surface area (TPSA) is 72.8 Å². The lowest BCUT2D eigenvalue weighted by Gasteiger charge is -2.13. The Bertz CT molecular complexity index is 230. The highest BCUT2D eigenvalue weighted by atomic mass is 16.4. The summed E-state index contributed by atoms with van der Waals surface area (Å²) in [5, 5.41) is 21.6. The van der Waals surface area contributed by atoms with Crippen LogP contribution in [-0.4, -0.2) is 53.0 Å². The Labute approximate surface area is 82.7 Å². The van der Waals surface area contributed by atoms with E-state index in [4.69, 9.17) is 5.11 Å². The molecule has 1 heterocycles. The first-order chi connectivity index (χ1) is 6.66. The van der Waals surface area contributed by atoms with Crippen molar-refractivity contribution >= 4 is 6.09 Å². The van der Waals surface area contributed by atoms with Gasteiger partial charge in [0, 0.05) is 25.0 Å². The summed E-state index contributed by atoms with van der Waals surface area (Å²) in [5.41, 5.74) is 0. The molecule has 1 amide bonds. The second kappa shape index (κ2) is 3.74. The summed E-state index contributed by atoms with van der Waals surface area (Å²) >= 11 is 0. The monoisotopic (exact) mass is 200 g/mol. The first-order valence-corrected chi connectivity index (χ1v) is 5.06. The van der Waals surface area contributed by atoms with E-state index >= 15 is 0 Å². The molecule has 2 fully saturated rings. The number of amides is 1. The molecule has 5 heteroatoms. The molecular formula is C9H16N2O3. The maximum atomic E-state index is 10.6. The zero-order chi connectivity index (χ0) is 10.1. The van der Waals surface area contributed by atoms with Crippen LogP contribution in [0.3, 0.4) is 0 Å². The van der Waals surface area contributed by atoms with Crippen LogP contribution >= 0.6 is 0 Å². The Kier molecular flexibility index (Phi) is 2.60. The van der Waals surface area contributed by atoms with Gasteiger partial charge in [0.05, 0.1) is 12.6 Å². The third-order valence-corrected chi connectivity index (χ3v) is 2.92. The number of hydrogen-bond donors (Lipinski definition) is 3. The van der Waals surface area contributed by atoms with Gasteiger partial charge in [0.25, 0.3) is 0 Å². The molecule has 0 radical (unpaired) electrons. The molecule has 1 saturated heterocycles. The van der Waals surface area contributed by atoms with Gasteiger partial charge in [-0.25, -0.2) is 4.79 Å². The van der Waals surface area contributed by atoms with E-state index in [2.05, 4.69) is 5.32 Å². The van der Waals surface area contributed by atoms with Gasteiger partial charge in [-0.15, -0.1) is 0 Å². The van der Waals surface area contributed by atoms with Gasteiger partial charge in [0.15, 0.2) is 0 Å². The van der Waals surface area contributed by atoms with Crippen LogP contribution in [0.1, 0.15) is 12.8 Å². The lowest BCUT2D eigenvalue weighted by Crippen LogP contribution is -2.31. The van der Waals surface area contributed by atoms with Crippen molar-refractivity contribution in [2.24, 2.45) is 5.92 Å². The van der Waals surface area contributed by atoms with Crippen molar-refractivity contribution in [1.82, 2.24) is 10.2 Å². The molecule has 3 N–H and O–H groups in total. The van der Waals surface area contributed by atoms with E-state index in [-0.39, 0.29) is 12.5 Å². The molecule has 1 aliphatic heterocycles. The van der Waals surface area contributed by atoms with E-state index in [1.54, 1.807) is 0 Å². The fraction of sp³-hybridized carbons (Fsp3) is 0.889. The standard InChI is InChI=1S/C9H16N2O3/c12-8-5-11(9(13)14)4-6(8)3-10-7-1-2-7/h6-8,10,12H,1-5H2,(H,13,14)/t6-,8-/m1/s1. The smallest absolute Gasteiger partial charge is 0.407 e. The summed E-state index contributed by atoms with van der Waals surface area (Å²) in [4.78, 5) is 11.9. The fourth-order valence-electron chi connectivity index (χ4n) is 1.82. The van der Waals surface area contributed by atoms with E-state index in [0.29, 0.717) is 12.6 Å². The van der Waals surface area contributed by atoms with Gasteiger partial charge >= 0.3 is 6.09 Å². The van der Waals surface area contributed by atoms with E-state index in [9.17, 15) is 9.90 Å². The number of nitrogens with one attached hydrogen (secondary N) is 1. The largest absolute Gasteiger partial charge is 0.465 e. The average molecular weight is 200 g/mol. The molecule has 2 rings (SSSR count). The third kappa shape index (κ3) is 2.16. The maximum Gasteiger partial charge on any atom is 0.407 e. The van der Waals surface area contributed by atoms with Gasteiger partial charge < -0.3 is 20.4 Å². The molecule has 14 heavy (non-hydrogen) atoms. The summed E-state index contributed by atoms with van der Waals surface area (Å²) in [6.07, 6.45) is 0.993. The van der Waals surface area contributed by atoms with E-state index in [0.717, 1.165) is 6.54 Å². The molecule has 0 aromatic heterocycles. The van der Waals surface area contributed by atoms with Gasteiger partial charge in [-0.3, -0.25) is 0 Å². The third-order valence-electron chi connectivity index (χ3n) is 2.92. The summed E-state index contributed by atoms with van der Waals surface area (Å²) in [7, 11) is 0. The summed E-state index contributed by atoms with van der Waals surface area (Å²) in [5.74, 6) is 0.0618. The van der Waals surface area contributed by atoms with Gasteiger partial charge in [-0.1, -0.05) is 0 Å². The lowest BCUT2D eigenvalue weighted by atomic mass is 10.1. The Balaban J connectivity index is 1.77. The van der Waals surface area contributed by atoms with Gasteiger partial charge in [0.2, 0.25) is 0 Å². The predicted molar refractivity (Wildman–Crippen MR) is 50.1 cm³/mol. The molecule has 2 aliphatic rings. The minimum absolute atomic E-state index is 0.0618. The molecule has 1 saturated carbocycles. The average Bonchev–Trinajstić information content (AvgIpc) is 2.87. The summed E-state index contributed by atoms with van der Waals surface area (Å²) < 4.78 is 0. The Morgan fingerprint density at radius 2 is 2.14 bits per heavy atom. The zero-order valence-electron chi connectivity index (χ0n) is 8.02. The molecule has 0 bridgehead atoms. The molecule has 0 aromatic rings. The summed E-state index contributed by atoms with van der Waals surface area (Å²) in [6, 6.07) is 0.612. The molecule has 80 valence electrons. The van der Waals surface area contributed by atoms with E-state index in [1.165, 1.54) is 17.7 Å². The number of likely N-dealkylation sites (tertiary alicyclic amines) is 1. The van der Waals surface area contributed by atoms with Crippen LogP contribution < -0.4 is 5.32 Å². The van der Waals surface area contributed by atoms with Crippen LogP contribution in [-0.2, 0) is 0 Å². The van der Waals surface area contributed by atoms with Crippen molar-refractivity contribution in [2.45, 2.75) is 25.0 Å². The van der Waals surface area contributed by atoms with Gasteiger partial charge in [-0.05, 0) is 12.8 Å². The zero-order valence-corrected chi connectivity index (χ0v) is 8.02. The van der Waals surface area contributed by atoms with Crippen LogP contribution in [0.2, 0.25) is 0 Å². The quantitative estimate of drug-likeness (QED) is 0.585. The first kappa shape index (κ1) is 9.73. The normalized spacial score (nSPS) is 32.2. The predicted octanol–water partition coefficient (Wildman–Crippen LogP) is -0.291. The highest BCUT2D eigenvalue weighted by molar-refractivity contribution is 5.65. The van der Waals surface area contributed by atoms with Crippen molar-refractivity contribution in [3.8, 4) is 0 Å². The SMILES string of the molecule is O=C(O)N1C[C@@H](CNC2CC2)[C@H](O)C1. The van der Waals surface area contributed by atoms with Crippen molar-refractivity contribution in [3.63, 3.8) is 0 Å². The van der Waals surface area contributed by atoms with E-state index in [1.807, 2.05) is 0 Å². The van der Waals surface area contributed by atoms with Crippen molar-refractivity contribution in [3.05, 3.63) is 0 Å². The highest BCUT2D eigenvalue weighted by Crippen LogP contribution is 2.21. The highest BCUT2D eigenvalue weighted by Gasteiger charge is 2.34. The van der Waals surface area contributed by atoms with Crippen LogP contribution in [0.25, 0.3) is 0 Å². The molecular weight excluding hydrogens is 184 g/mol. The van der Waals surface area contributed by atoms with Crippen LogP contribution in [0.15, 0.2) is 0 Å². The van der Waals surface area contributed by atoms with Crippen LogP contribution in [0.4, 0.5) is 4.79 Å². The molecule has 2 atom stereocenters. The second-order valence-electron chi connectivity index (χ2n) is 4.20. The molecule has 0 unspecified atom stereocenters. The first-order valence-electron chi connectivity index (χ1n) is 5.06. The number of carboxylic acid groups (broad SMARTS) is 1. The van der Waals surface area contributed by atoms with Crippen molar-refractivity contribution in [2.75, 3.05) is 19.6 Å². The van der Waals surface area contributed by atoms with Crippen LogP contribution in [0, 0.1) is 5.92 Å². The van der Waals surface area contributed by atoms with E-state index < -0.39 is 12.2 Å². The number of aliphatic hydroxyl groups excluding tert-OH is 1. The van der Waals surface area contributed by atoms with Crippen molar-refractivity contribution < 1.29 is 15.0 Å². The maximum absolute atomic E-state index is 10.6. The van der Waals surface area contributed by atoms with Crippen LogP contribution in [0.5, 0.6) is 0 Å². The molecule has 5 nitrogen and oxygen atoms in total. The van der Waals surface area contributed by atoms with Gasteiger partial charge in [0.1, 0.15) is 0 Å². The number of β-amino-alcohol motifs (C(OH)–C–C–N with tert-alkyl or cyclic N) is 1. The Morgan fingerprint density at radius 1 is 1.43 bits per heavy atom. The number of hydrogen-bond acceptors (Lipinski definition) is 3. The number of nitrogens with zero attached hydrogens (tertiary/aromatic N) is 1.